The molecule has 4 aromatic carbocycles. The third-order valence-corrected chi connectivity index (χ3v) is 9.33. The third kappa shape index (κ3) is 4.66. The van der Waals surface area contributed by atoms with Crippen molar-refractivity contribution in [1.82, 2.24) is 9.97 Å². The normalized spacial score (nSPS) is 12.6. The van der Waals surface area contributed by atoms with Crippen molar-refractivity contribution in [2.24, 2.45) is 0 Å². The van der Waals surface area contributed by atoms with Gasteiger partial charge in [0.2, 0.25) is 0 Å². The molecule has 4 heteroatoms. The molecular weight excluding hydrogens is 525 g/mol. The summed E-state index contributed by atoms with van der Waals surface area (Å²) >= 11 is 3.44. The Morgan fingerprint density at radius 2 is 0.900 bits per heavy atom. The van der Waals surface area contributed by atoms with E-state index in [1.54, 1.807) is 22.7 Å². The van der Waals surface area contributed by atoms with E-state index in [-0.39, 0.29) is 0 Å². The van der Waals surface area contributed by atoms with Gasteiger partial charge in [-0.1, -0.05) is 84.9 Å². The fourth-order valence-corrected chi connectivity index (χ4v) is 7.08. The Labute approximate surface area is 242 Å². The van der Waals surface area contributed by atoms with Gasteiger partial charge in [0.25, 0.3) is 0 Å². The van der Waals surface area contributed by atoms with Gasteiger partial charge in [0.1, 0.15) is 10.0 Å². The molecule has 5 aromatic rings. The minimum atomic E-state index is 0.998. The SMILES string of the molecule is CC1=Cc2nc1sc1cccc(c1)c(-c1ccccc1)c1nc(sc3cccc(c3)c2-c2ccccc2)C(C)=C1. The topological polar surface area (TPSA) is 25.8 Å². The van der Waals surface area contributed by atoms with Crippen molar-refractivity contribution >= 4 is 66.1 Å². The zero-order valence-corrected chi connectivity index (χ0v) is 23.9. The summed E-state index contributed by atoms with van der Waals surface area (Å²) in [6, 6.07) is 38.7. The quantitative estimate of drug-likeness (QED) is 0.218. The van der Waals surface area contributed by atoms with Gasteiger partial charge in [0, 0.05) is 20.5 Å². The first-order valence-electron chi connectivity index (χ1n) is 13.3. The fourth-order valence-electron chi connectivity index (χ4n) is 5.24. The number of rotatable bonds is 2. The molecule has 0 aliphatic carbocycles. The van der Waals surface area contributed by atoms with Gasteiger partial charge < -0.3 is 0 Å². The second kappa shape index (κ2) is 10.3. The van der Waals surface area contributed by atoms with E-state index in [9.17, 15) is 0 Å². The summed E-state index contributed by atoms with van der Waals surface area (Å²) in [7, 11) is 0. The highest BCUT2D eigenvalue weighted by Gasteiger charge is 2.15. The molecule has 3 heterocycles. The van der Waals surface area contributed by atoms with Crippen LogP contribution in [0.4, 0.5) is 0 Å². The Kier molecular flexibility index (Phi) is 6.35. The molecule has 0 unspecified atom stereocenters. The van der Waals surface area contributed by atoms with Crippen molar-refractivity contribution < 1.29 is 0 Å². The number of aromatic nitrogens is 2. The van der Waals surface area contributed by atoms with Crippen LogP contribution in [0.1, 0.15) is 35.3 Å². The molecular formula is C36H26N2S2. The van der Waals surface area contributed by atoms with E-state index in [1.165, 1.54) is 11.1 Å². The van der Waals surface area contributed by atoms with E-state index in [0.29, 0.717) is 0 Å². The number of hydrogen-bond acceptors (Lipinski definition) is 4. The maximum atomic E-state index is 5.21. The van der Waals surface area contributed by atoms with Crippen LogP contribution < -0.4 is 0 Å². The van der Waals surface area contributed by atoms with Crippen molar-refractivity contribution in [1.29, 1.82) is 0 Å². The van der Waals surface area contributed by atoms with Gasteiger partial charge in [-0.05, 0) is 83.3 Å². The summed E-state index contributed by atoms with van der Waals surface area (Å²) in [5.41, 5.74) is 8.97. The maximum Gasteiger partial charge on any atom is 0.120 e. The molecule has 192 valence electrons. The number of hydrogen-bond donors (Lipinski definition) is 0. The first-order chi connectivity index (χ1) is 19.6. The van der Waals surface area contributed by atoms with Crippen molar-refractivity contribution in [2.45, 2.75) is 13.8 Å². The molecule has 2 aliphatic rings. The maximum absolute atomic E-state index is 5.21. The molecule has 0 spiro atoms. The molecule has 0 N–H and O–H groups in total. The zero-order valence-electron chi connectivity index (χ0n) is 22.3. The second-order valence-corrected chi connectivity index (χ2v) is 12.1. The number of benzene rings is 4. The van der Waals surface area contributed by atoms with Crippen molar-refractivity contribution in [3.63, 3.8) is 0 Å². The molecule has 0 saturated heterocycles. The summed E-state index contributed by atoms with van der Waals surface area (Å²) in [5, 5.41) is 4.37. The van der Waals surface area contributed by atoms with Crippen LogP contribution in [0.2, 0.25) is 0 Å². The average Bonchev–Trinajstić information content (AvgIpc) is 3.51. The Bertz CT molecular complexity index is 1860. The lowest BCUT2D eigenvalue weighted by atomic mass is 10.0. The average molecular weight is 551 g/mol. The molecule has 0 radical (unpaired) electrons. The molecule has 7 rings (SSSR count). The van der Waals surface area contributed by atoms with Crippen molar-refractivity contribution in [3.05, 3.63) is 131 Å². The molecule has 2 aliphatic heterocycles. The lowest BCUT2D eigenvalue weighted by Gasteiger charge is -2.06. The fraction of sp³-hybridized carbons (Fsp3) is 0.0556. The van der Waals surface area contributed by atoms with Crippen LogP contribution in [0.5, 0.6) is 0 Å². The first kappa shape index (κ1) is 24.6. The molecule has 0 fully saturated rings. The van der Waals surface area contributed by atoms with E-state index in [1.807, 2.05) is 0 Å². The van der Waals surface area contributed by atoms with Gasteiger partial charge in [0.15, 0.2) is 0 Å². The molecule has 2 nitrogen and oxygen atoms in total. The van der Waals surface area contributed by atoms with Gasteiger partial charge in [-0.3, -0.25) is 0 Å². The first-order valence-corrected chi connectivity index (χ1v) is 15.0. The van der Waals surface area contributed by atoms with Crippen LogP contribution in [-0.4, -0.2) is 9.97 Å². The zero-order chi connectivity index (χ0) is 27.1. The van der Waals surface area contributed by atoms with Crippen LogP contribution >= 0.6 is 22.7 Å². The largest absolute Gasteiger partial charge is 0.237 e. The number of fused-ring (bicyclic) bond motifs is 8. The smallest absolute Gasteiger partial charge is 0.120 e. The highest BCUT2D eigenvalue weighted by molar-refractivity contribution is 7.18. The van der Waals surface area contributed by atoms with Gasteiger partial charge in [-0.2, -0.15) is 0 Å². The summed E-state index contributed by atoms with van der Waals surface area (Å²) in [6.07, 6.45) is 4.45. The van der Waals surface area contributed by atoms with E-state index in [4.69, 9.17) is 9.97 Å². The molecule has 1 aromatic heterocycles. The minimum absolute atomic E-state index is 0.998. The van der Waals surface area contributed by atoms with E-state index < -0.39 is 0 Å². The predicted octanol–water partition coefficient (Wildman–Crippen LogP) is 10.8. The highest BCUT2D eigenvalue weighted by atomic mass is 32.1. The second-order valence-electron chi connectivity index (χ2n) is 10.0. The minimum Gasteiger partial charge on any atom is -0.237 e. The monoisotopic (exact) mass is 550 g/mol. The van der Waals surface area contributed by atoms with E-state index >= 15 is 0 Å². The van der Waals surface area contributed by atoms with Gasteiger partial charge in [-0.15, -0.1) is 22.7 Å². The van der Waals surface area contributed by atoms with Crippen LogP contribution in [0.25, 0.3) is 65.7 Å². The summed E-state index contributed by atoms with van der Waals surface area (Å²) < 4.78 is 2.32. The van der Waals surface area contributed by atoms with Crippen LogP contribution in [0, 0.1) is 0 Å². The van der Waals surface area contributed by atoms with Crippen LogP contribution in [0.3, 0.4) is 0 Å². The molecule has 0 atom stereocenters. The Balaban J connectivity index is 1.66. The van der Waals surface area contributed by atoms with Gasteiger partial charge in [-0.25, -0.2) is 9.97 Å². The predicted molar refractivity (Wildman–Crippen MR) is 175 cm³/mol. The molecule has 0 amide bonds. The van der Waals surface area contributed by atoms with E-state index in [2.05, 4.69) is 135 Å². The summed E-state index contributed by atoms with van der Waals surface area (Å²) in [4.78, 5) is 10.4. The standard InChI is InChI=1S/C36H26N2S2/c1-23-19-31-33(25-11-5-3-6-12-25)27-15-10-18-30(22-27)40-36-24(2)20-32(38-36)34(26-13-7-4-8-14-26)28-16-9-17-29(21-28)39-35(23)37-31/h3-22H,1-2H3. The van der Waals surface area contributed by atoms with Gasteiger partial charge >= 0.3 is 0 Å². The number of allylic oxidation sites excluding steroid dienone is 2. The summed E-state index contributed by atoms with van der Waals surface area (Å²) in [5.74, 6) is 0. The molecule has 0 saturated carbocycles. The van der Waals surface area contributed by atoms with Gasteiger partial charge in [0.05, 0.1) is 11.4 Å². The highest BCUT2D eigenvalue weighted by Crippen LogP contribution is 2.37. The van der Waals surface area contributed by atoms with Crippen molar-refractivity contribution in [3.8, 4) is 22.3 Å². The van der Waals surface area contributed by atoms with Crippen molar-refractivity contribution in [2.75, 3.05) is 0 Å². The lowest BCUT2D eigenvalue weighted by molar-refractivity contribution is 1.35. The van der Waals surface area contributed by atoms with Crippen LogP contribution in [0.15, 0.2) is 109 Å². The number of nitrogens with zero attached hydrogens (tertiary/aromatic N) is 2. The third-order valence-electron chi connectivity index (χ3n) is 7.14. The molecule has 40 heavy (non-hydrogen) atoms. The van der Waals surface area contributed by atoms with Crippen LogP contribution in [-0.2, 0) is 0 Å². The summed E-state index contributed by atoms with van der Waals surface area (Å²) in [6.45, 7) is 4.32. The Hall–Kier alpha value is -4.38. The molecule has 8 bridgehead atoms. The Morgan fingerprint density at radius 3 is 1.32 bits per heavy atom. The van der Waals surface area contributed by atoms with E-state index in [0.717, 1.165) is 63.8 Å². The Morgan fingerprint density at radius 1 is 0.475 bits per heavy atom. The lowest BCUT2D eigenvalue weighted by Crippen LogP contribution is -1.85.